The highest BCUT2D eigenvalue weighted by Gasteiger charge is 2.45. The Morgan fingerprint density at radius 1 is 1.22 bits per heavy atom. The molecule has 0 N–H and O–H groups in total. The van der Waals surface area contributed by atoms with E-state index in [1.807, 2.05) is 17.9 Å². The van der Waals surface area contributed by atoms with E-state index in [1.54, 1.807) is 34.1 Å². The minimum atomic E-state index is -0.403. The van der Waals surface area contributed by atoms with E-state index in [0.717, 1.165) is 17.7 Å². The van der Waals surface area contributed by atoms with Crippen molar-refractivity contribution < 1.29 is 18.7 Å². The molecule has 4 aromatic rings. The minimum Gasteiger partial charge on any atom is -0.469 e. The molecule has 0 spiro atoms. The van der Waals surface area contributed by atoms with Crippen LogP contribution < -0.4 is 0 Å². The van der Waals surface area contributed by atoms with Crippen LogP contribution in [0.15, 0.2) is 41.8 Å². The molecule has 1 amide bonds. The van der Waals surface area contributed by atoms with Crippen LogP contribution >= 0.6 is 11.3 Å². The Morgan fingerprint density at radius 3 is 2.81 bits per heavy atom. The van der Waals surface area contributed by atoms with Gasteiger partial charge in [0.2, 0.25) is 0 Å². The van der Waals surface area contributed by atoms with Gasteiger partial charge in [0.25, 0.3) is 5.91 Å². The van der Waals surface area contributed by atoms with Crippen LogP contribution in [0.25, 0.3) is 16.9 Å². The molecular weight excluding hydrogens is 491 g/mol. The van der Waals surface area contributed by atoms with Crippen LogP contribution in [0.4, 0.5) is 4.39 Å². The topological polar surface area (TPSA) is 76.8 Å². The maximum atomic E-state index is 15.2. The average molecular weight is 519 g/mol. The molecule has 190 valence electrons. The molecule has 3 atom stereocenters. The van der Waals surface area contributed by atoms with Crippen molar-refractivity contribution in [3.05, 3.63) is 75.0 Å². The number of hydrogen-bond donors (Lipinski definition) is 0. The summed E-state index contributed by atoms with van der Waals surface area (Å²) in [7, 11) is 1.37. The number of methoxy groups -OCH3 is 1. The molecule has 1 aromatic carbocycles. The first-order chi connectivity index (χ1) is 17.9. The second-order valence-electron chi connectivity index (χ2n) is 9.72. The molecule has 1 aliphatic carbocycles. The predicted molar refractivity (Wildman–Crippen MR) is 138 cm³/mol. The lowest BCUT2D eigenvalue weighted by Gasteiger charge is -2.33. The molecule has 7 nitrogen and oxygen atoms in total. The zero-order valence-corrected chi connectivity index (χ0v) is 21.7. The van der Waals surface area contributed by atoms with E-state index >= 15 is 4.39 Å². The number of aromatic nitrogens is 3. The molecule has 0 bridgehead atoms. The van der Waals surface area contributed by atoms with Crippen LogP contribution in [0, 0.1) is 11.7 Å². The fourth-order valence-corrected chi connectivity index (χ4v) is 6.37. The molecule has 0 radical (unpaired) electrons. The van der Waals surface area contributed by atoms with E-state index in [9.17, 15) is 9.59 Å². The quantitative estimate of drug-likeness (QED) is 0.340. The Hall–Kier alpha value is -3.59. The first kappa shape index (κ1) is 23.8. The lowest BCUT2D eigenvalue weighted by Crippen LogP contribution is -2.38. The first-order valence-electron chi connectivity index (χ1n) is 12.5. The highest BCUT2D eigenvalue weighted by molar-refractivity contribution is 7.10. The highest BCUT2D eigenvalue weighted by Crippen LogP contribution is 2.48. The van der Waals surface area contributed by atoms with Crippen LogP contribution in [0.2, 0.25) is 0 Å². The molecule has 0 saturated heterocycles. The molecule has 37 heavy (non-hydrogen) atoms. The summed E-state index contributed by atoms with van der Waals surface area (Å²) in [5.41, 5.74) is 4.51. The largest absolute Gasteiger partial charge is 0.469 e. The monoisotopic (exact) mass is 518 g/mol. The normalized spacial score (nSPS) is 20.6. The number of carbonyl (C=O) groups excluding carboxylic acids is 2. The smallest absolute Gasteiger partial charge is 0.309 e. The number of thiophene rings is 1. The average Bonchev–Trinajstić information content (AvgIpc) is 3.34. The SMILES string of the molecule is CCc1cc(C(=O)N2CCc3sccc3[C@H]2C)nc2cc(-c3ccc([C@H]4C[C@@H]4C(=O)OC)cc3F)nn12. The van der Waals surface area contributed by atoms with Gasteiger partial charge in [0.05, 0.1) is 24.8 Å². The second kappa shape index (κ2) is 9.06. The third-order valence-corrected chi connectivity index (χ3v) is 8.61. The van der Waals surface area contributed by atoms with Crippen molar-refractivity contribution >= 4 is 28.9 Å². The maximum Gasteiger partial charge on any atom is 0.309 e. The molecular formula is C28H27FN4O3S. The molecule has 0 unspecified atom stereocenters. The van der Waals surface area contributed by atoms with Crippen LogP contribution in [0.3, 0.4) is 0 Å². The van der Waals surface area contributed by atoms with E-state index in [0.29, 0.717) is 42.0 Å². The summed E-state index contributed by atoms with van der Waals surface area (Å²) in [6, 6.07) is 10.6. The molecule has 4 heterocycles. The minimum absolute atomic E-state index is 0.0102. The zero-order chi connectivity index (χ0) is 25.8. The van der Waals surface area contributed by atoms with Crippen molar-refractivity contribution in [2.75, 3.05) is 13.7 Å². The van der Waals surface area contributed by atoms with Gasteiger partial charge in [0.1, 0.15) is 11.5 Å². The Balaban J connectivity index is 1.31. The number of carbonyl (C=O) groups is 2. The summed E-state index contributed by atoms with van der Waals surface area (Å²) in [5.74, 6) is -0.982. The number of benzene rings is 1. The maximum absolute atomic E-state index is 15.2. The van der Waals surface area contributed by atoms with E-state index in [1.165, 1.54) is 23.6 Å². The van der Waals surface area contributed by atoms with Gasteiger partial charge in [-0.05, 0) is 72.9 Å². The van der Waals surface area contributed by atoms with Crippen molar-refractivity contribution in [3.8, 4) is 11.3 Å². The Labute approximate surface area is 217 Å². The van der Waals surface area contributed by atoms with Crippen LogP contribution in [-0.2, 0) is 22.4 Å². The molecule has 1 fully saturated rings. The van der Waals surface area contributed by atoms with Crippen LogP contribution in [0.5, 0.6) is 0 Å². The Morgan fingerprint density at radius 2 is 2.05 bits per heavy atom. The lowest BCUT2D eigenvalue weighted by atomic mass is 10.0. The van der Waals surface area contributed by atoms with E-state index in [2.05, 4.69) is 28.5 Å². The molecule has 1 aliphatic heterocycles. The number of aryl methyl sites for hydroxylation is 1. The summed E-state index contributed by atoms with van der Waals surface area (Å²) in [6.07, 6.45) is 2.16. The van der Waals surface area contributed by atoms with Gasteiger partial charge >= 0.3 is 5.97 Å². The van der Waals surface area contributed by atoms with Gasteiger partial charge < -0.3 is 9.64 Å². The fraction of sp³-hybridized carbons (Fsp3) is 0.357. The molecule has 2 aliphatic rings. The molecule has 3 aromatic heterocycles. The fourth-order valence-electron chi connectivity index (χ4n) is 5.41. The number of fused-ring (bicyclic) bond motifs is 2. The van der Waals surface area contributed by atoms with Gasteiger partial charge in [0.15, 0.2) is 5.65 Å². The van der Waals surface area contributed by atoms with E-state index < -0.39 is 5.82 Å². The molecule has 1 saturated carbocycles. The standard InChI is InChI=1S/C28H27FN4O3S/c1-4-17-12-24(27(34)32-9-7-25-18(15(32)2)8-10-37-25)30-26-14-23(31-33(17)26)19-6-5-16(11-22(19)29)20-13-21(20)28(35)36-3/h5-6,8,10-12,14-15,20-21H,4,7,9,13H2,1-3H3/t15-,20-,21+/m1/s1. The lowest BCUT2D eigenvalue weighted by molar-refractivity contribution is -0.142. The first-order valence-corrected chi connectivity index (χ1v) is 13.4. The highest BCUT2D eigenvalue weighted by atomic mass is 32.1. The number of rotatable bonds is 5. The predicted octanol–water partition coefficient (Wildman–Crippen LogP) is 5.20. The van der Waals surface area contributed by atoms with Crippen molar-refractivity contribution in [3.63, 3.8) is 0 Å². The van der Waals surface area contributed by atoms with Gasteiger partial charge in [-0.1, -0.05) is 13.0 Å². The summed E-state index contributed by atoms with van der Waals surface area (Å²) in [4.78, 5) is 33.2. The van der Waals surface area contributed by atoms with Crippen molar-refractivity contribution in [1.29, 1.82) is 0 Å². The number of amides is 1. The number of hydrogen-bond acceptors (Lipinski definition) is 6. The molecule has 9 heteroatoms. The van der Waals surface area contributed by atoms with Crippen molar-refractivity contribution in [2.24, 2.45) is 5.92 Å². The third kappa shape index (κ3) is 4.01. The van der Waals surface area contributed by atoms with E-state index in [4.69, 9.17) is 4.74 Å². The summed E-state index contributed by atoms with van der Waals surface area (Å²) in [5, 5.41) is 6.71. The summed E-state index contributed by atoms with van der Waals surface area (Å²) in [6.45, 7) is 4.70. The molecule has 6 rings (SSSR count). The second-order valence-corrected chi connectivity index (χ2v) is 10.7. The van der Waals surface area contributed by atoms with Crippen molar-refractivity contribution in [2.45, 2.75) is 45.1 Å². The number of halogens is 1. The Bertz CT molecular complexity index is 1540. The number of ether oxygens (including phenoxy) is 1. The Kier molecular flexibility index (Phi) is 5.82. The van der Waals surface area contributed by atoms with Gasteiger partial charge in [-0.15, -0.1) is 11.3 Å². The number of esters is 1. The van der Waals surface area contributed by atoms with Gasteiger partial charge in [-0.2, -0.15) is 5.10 Å². The third-order valence-electron chi connectivity index (χ3n) is 7.61. The van der Waals surface area contributed by atoms with Crippen LogP contribution in [-0.4, -0.2) is 45.0 Å². The van der Waals surface area contributed by atoms with Gasteiger partial charge in [-0.3, -0.25) is 9.59 Å². The van der Waals surface area contributed by atoms with Gasteiger partial charge in [-0.25, -0.2) is 13.9 Å². The summed E-state index contributed by atoms with van der Waals surface area (Å²) >= 11 is 1.74. The van der Waals surface area contributed by atoms with Crippen LogP contribution in [0.1, 0.15) is 64.4 Å². The van der Waals surface area contributed by atoms with Crippen molar-refractivity contribution in [1.82, 2.24) is 19.5 Å². The zero-order valence-electron chi connectivity index (χ0n) is 20.9. The van der Waals surface area contributed by atoms with E-state index in [-0.39, 0.29) is 29.8 Å². The summed E-state index contributed by atoms with van der Waals surface area (Å²) < 4.78 is 21.7. The number of nitrogens with zero attached hydrogens (tertiary/aromatic N) is 4. The van der Waals surface area contributed by atoms with Gasteiger partial charge in [0, 0.05) is 28.7 Å².